The molecule has 2 N–H and O–H groups in total. The van der Waals surface area contributed by atoms with Gasteiger partial charge in [-0.05, 0) is 48.5 Å². The predicted octanol–water partition coefficient (Wildman–Crippen LogP) is 3.55. The van der Waals surface area contributed by atoms with Gasteiger partial charge in [-0.25, -0.2) is 9.59 Å². The van der Waals surface area contributed by atoms with E-state index in [0.717, 1.165) is 12.1 Å². The molecule has 0 aromatic heterocycles. The molecule has 0 spiro atoms. The number of carbonyl (C=O) groups is 2. The number of aromatic hydroxyl groups is 2. The highest BCUT2D eigenvalue weighted by atomic mass is 16.6. The zero-order chi connectivity index (χ0) is 21.7. The fraction of sp³-hybridized carbons (Fsp3) is 0.0909. The van der Waals surface area contributed by atoms with Crippen molar-refractivity contribution < 1.29 is 38.7 Å². The lowest BCUT2D eigenvalue weighted by molar-refractivity contribution is 0.0711. The molecule has 0 radical (unpaired) electrons. The monoisotopic (exact) mass is 410 g/mol. The molecule has 154 valence electrons. The smallest absolute Gasteiger partial charge is 0.343 e. The van der Waals surface area contributed by atoms with Gasteiger partial charge >= 0.3 is 11.9 Å². The normalized spacial score (nSPS) is 10.2. The van der Waals surface area contributed by atoms with Crippen molar-refractivity contribution in [3.05, 3.63) is 71.8 Å². The molecule has 0 saturated carbocycles. The fourth-order valence-electron chi connectivity index (χ4n) is 2.47. The second kappa shape index (κ2) is 8.87. The highest BCUT2D eigenvalue weighted by molar-refractivity contribution is 5.92. The largest absolute Gasteiger partial charge is 0.504 e. The summed E-state index contributed by atoms with van der Waals surface area (Å²) in [6, 6.07) is 14.2. The van der Waals surface area contributed by atoms with Crippen molar-refractivity contribution in [3.8, 4) is 34.5 Å². The lowest BCUT2D eigenvalue weighted by Crippen LogP contribution is -2.10. The van der Waals surface area contributed by atoms with E-state index in [-0.39, 0.29) is 22.6 Å². The molecule has 8 heteroatoms. The minimum Gasteiger partial charge on any atom is -0.504 e. The summed E-state index contributed by atoms with van der Waals surface area (Å²) in [5.41, 5.74) is 0.425. The number of benzene rings is 3. The second-order valence-electron chi connectivity index (χ2n) is 6.02. The summed E-state index contributed by atoms with van der Waals surface area (Å²) < 4.78 is 20.3. The van der Waals surface area contributed by atoms with Crippen LogP contribution in [0.2, 0.25) is 0 Å². The minimum absolute atomic E-state index is 0.213. The van der Waals surface area contributed by atoms with E-state index in [4.69, 9.17) is 18.9 Å². The molecule has 0 atom stereocenters. The number of phenols is 2. The Morgan fingerprint density at radius 3 is 1.27 bits per heavy atom. The lowest BCUT2D eigenvalue weighted by atomic mass is 10.2. The van der Waals surface area contributed by atoms with Gasteiger partial charge in [-0.2, -0.15) is 0 Å². The van der Waals surface area contributed by atoms with E-state index in [2.05, 4.69) is 0 Å². The molecule has 0 heterocycles. The molecule has 3 rings (SSSR count). The van der Waals surface area contributed by atoms with Gasteiger partial charge in [-0.3, -0.25) is 0 Å². The number of carbonyl (C=O) groups excluding carboxylic acids is 2. The number of phenolic OH excluding ortho intramolecular Hbond substituents is 2. The zero-order valence-electron chi connectivity index (χ0n) is 16.1. The summed E-state index contributed by atoms with van der Waals surface area (Å²) in [6.45, 7) is 0. The van der Waals surface area contributed by atoms with Crippen molar-refractivity contribution in [3.63, 3.8) is 0 Å². The van der Waals surface area contributed by atoms with Gasteiger partial charge in [0.2, 0.25) is 0 Å². The van der Waals surface area contributed by atoms with Crippen LogP contribution < -0.4 is 18.9 Å². The summed E-state index contributed by atoms with van der Waals surface area (Å²) >= 11 is 0. The first-order valence-electron chi connectivity index (χ1n) is 8.69. The van der Waals surface area contributed by atoms with Crippen LogP contribution in [0.15, 0.2) is 60.7 Å². The maximum absolute atomic E-state index is 12.2. The zero-order valence-corrected chi connectivity index (χ0v) is 16.1. The summed E-state index contributed by atoms with van der Waals surface area (Å²) in [4.78, 5) is 24.5. The maximum Gasteiger partial charge on any atom is 0.343 e. The van der Waals surface area contributed by atoms with Gasteiger partial charge < -0.3 is 29.2 Å². The van der Waals surface area contributed by atoms with Crippen molar-refractivity contribution in [2.45, 2.75) is 0 Å². The highest BCUT2D eigenvalue weighted by Gasteiger charge is 2.18. The molecule has 0 bridgehead atoms. The predicted molar refractivity (Wildman–Crippen MR) is 106 cm³/mol. The van der Waals surface area contributed by atoms with Crippen LogP contribution in [0.5, 0.6) is 34.5 Å². The lowest BCUT2D eigenvalue weighted by Gasteiger charge is -2.11. The molecular weight excluding hydrogens is 392 g/mol. The average molecular weight is 410 g/mol. The molecule has 0 aliphatic carbocycles. The molecule has 0 amide bonds. The Balaban J connectivity index is 1.73. The Bertz CT molecular complexity index is 968. The highest BCUT2D eigenvalue weighted by Crippen LogP contribution is 2.39. The number of hydrogen-bond acceptors (Lipinski definition) is 8. The van der Waals surface area contributed by atoms with E-state index in [1.165, 1.54) is 38.5 Å². The molecular formula is C22H18O8. The fourth-order valence-corrected chi connectivity index (χ4v) is 2.47. The van der Waals surface area contributed by atoms with Crippen LogP contribution in [-0.2, 0) is 0 Å². The SMILES string of the molecule is COc1ccc(C(=O)Oc2cc(O)c(OC(=O)c3ccc(OC)cc3)cc2O)cc1. The molecule has 30 heavy (non-hydrogen) atoms. The van der Waals surface area contributed by atoms with E-state index in [1.807, 2.05) is 0 Å². The number of hydrogen-bond donors (Lipinski definition) is 2. The quantitative estimate of drug-likeness (QED) is 0.361. The molecule has 0 unspecified atom stereocenters. The summed E-state index contributed by atoms with van der Waals surface area (Å²) in [7, 11) is 2.99. The van der Waals surface area contributed by atoms with Crippen LogP contribution in [0, 0.1) is 0 Å². The van der Waals surface area contributed by atoms with E-state index in [0.29, 0.717) is 11.5 Å². The van der Waals surface area contributed by atoms with Crippen LogP contribution in [0.4, 0.5) is 0 Å². The summed E-state index contributed by atoms with van der Waals surface area (Å²) in [6.07, 6.45) is 0. The first-order valence-corrected chi connectivity index (χ1v) is 8.69. The van der Waals surface area contributed by atoms with Gasteiger partial charge in [-0.15, -0.1) is 0 Å². The minimum atomic E-state index is -0.754. The molecule has 0 aliphatic rings. The molecule has 0 saturated heterocycles. The van der Waals surface area contributed by atoms with Crippen LogP contribution in [0.3, 0.4) is 0 Å². The van der Waals surface area contributed by atoms with Gasteiger partial charge in [0.05, 0.1) is 25.3 Å². The van der Waals surface area contributed by atoms with Crippen molar-refractivity contribution >= 4 is 11.9 Å². The van der Waals surface area contributed by atoms with Crippen LogP contribution >= 0.6 is 0 Å². The van der Waals surface area contributed by atoms with Crippen molar-refractivity contribution in [2.24, 2.45) is 0 Å². The Morgan fingerprint density at radius 1 is 0.633 bits per heavy atom. The van der Waals surface area contributed by atoms with Crippen molar-refractivity contribution in [2.75, 3.05) is 14.2 Å². The maximum atomic E-state index is 12.2. The number of methoxy groups -OCH3 is 2. The first-order chi connectivity index (χ1) is 14.4. The van der Waals surface area contributed by atoms with Gasteiger partial charge in [-0.1, -0.05) is 0 Å². The van der Waals surface area contributed by atoms with Crippen molar-refractivity contribution in [1.82, 2.24) is 0 Å². The average Bonchev–Trinajstić information content (AvgIpc) is 2.77. The van der Waals surface area contributed by atoms with Crippen LogP contribution in [0.1, 0.15) is 20.7 Å². The third kappa shape index (κ3) is 4.61. The molecule has 0 aliphatic heterocycles. The van der Waals surface area contributed by atoms with Crippen LogP contribution in [-0.4, -0.2) is 36.4 Å². The Hall–Kier alpha value is -4.20. The molecule has 8 nitrogen and oxygen atoms in total. The number of ether oxygens (including phenoxy) is 4. The summed E-state index contributed by atoms with van der Waals surface area (Å²) in [5.74, 6) is -1.95. The third-order valence-electron chi connectivity index (χ3n) is 4.10. The standard InChI is InChI=1S/C22H18O8/c1-27-15-7-3-13(4-8-15)21(25)29-19-11-18(24)20(12-17(19)23)30-22(26)14-5-9-16(28-2)10-6-14/h3-12,23-24H,1-2H3. The Kier molecular flexibility index (Phi) is 6.07. The van der Waals surface area contributed by atoms with Gasteiger partial charge in [0.1, 0.15) is 11.5 Å². The number of esters is 2. The Morgan fingerprint density at radius 2 is 0.967 bits per heavy atom. The van der Waals surface area contributed by atoms with Gasteiger partial charge in [0, 0.05) is 12.1 Å². The molecule has 3 aromatic carbocycles. The van der Waals surface area contributed by atoms with E-state index < -0.39 is 23.4 Å². The first kappa shape index (κ1) is 20.5. The van der Waals surface area contributed by atoms with Gasteiger partial charge in [0.15, 0.2) is 23.0 Å². The van der Waals surface area contributed by atoms with Gasteiger partial charge in [0.25, 0.3) is 0 Å². The van der Waals surface area contributed by atoms with E-state index >= 15 is 0 Å². The molecule has 0 fully saturated rings. The second-order valence-corrected chi connectivity index (χ2v) is 6.02. The Labute approximate surface area is 171 Å². The topological polar surface area (TPSA) is 112 Å². The third-order valence-corrected chi connectivity index (χ3v) is 4.10. The number of rotatable bonds is 6. The van der Waals surface area contributed by atoms with E-state index in [1.54, 1.807) is 24.3 Å². The van der Waals surface area contributed by atoms with Crippen LogP contribution in [0.25, 0.3) is 0 Å². The van der Waals surface area contributed by atoms with E-state index in [9.17, 15) is 19.8 Å². The summed E-state index contributed by atoms with van der Waals surface area (Å²) in [5, 5.41) is 20.3. The van der Waals surface area contributed by atoms with Crippen molar-refractivity contribution in [1.29, 1.82) is 0 Å². The molecule has 3 aromatic rings.